The second-order valence-corrected chi connectivity index (χ2v) is 5.55. The molecule has 2 rings (SSSR count). The van der Waals surface area contributed by atoms with Gasteiger partial charge in [0, 0.05) is 6.54 Å². The van der Waals surface area contributed by atoms with E-state index in [0.29, 0.717) is 13.2 Å². The minimum Gasteiger partial charge on any atom is -0.496 e. The lowest BCUT2D eigenvalue weighted by atomic mass is 10.1. The molecule has 0 fully saturated rings. The molecular weight excluding hydrogens is 314 g/mol. The molecule has 4 nitrogen and oxygen atoms in total. The van der Waals surface area contributed by atoms with Crippen molar-refractivity contribution in [2.24, 2.45) is 0 Å². The number of nitrogens with one attached hydrogen (secondary N) is 1. The Labute approximate surface area is 150 Å². The van der Waals surface area contributed by atoms with Gasteiger partial charge in [-0.2, -0.15) is 0 Å². The summed E-state index contributed by atoms with van der Waals surface area (Å²) in [5.74, 6) is 2.46. The van der Waals surface area contributed by atoms with Crippen molar-refractivity contribution in [2.45, 2.75) is 19.9 Å². The lowest BCUT2D eigenvalue weighted by Gasteiger charge is -2.13. The Morgan fingerprint density at radius 1 is 1.04 bits per heavy atom. The van der Waals surface area contributed by atoms with Gasteiger partial charge in [0.1, 0.15) is 12.4 Å². The smallest absolute Gasteiger partial charge is 0.161 e. The lowest BCUT2D eigenvalue weighted by Crippen LogP contribution is -2.17. The number of ether oxygens (including phenoxy) is 3. The molecule has 4 heteroatoms. The zero-order valence-electron chi connectivity index (χ0n) is 15.1. The highest BCUT2D eigenvalue weighted by Gasteiger charge is 2.06. The van der Waals surface area contributed by atoms with Crippen LogP contribution in [-0.4, -0.2) is 26.9 Å². The van der Waals surface area contributed by atoms with Gasteiger partial charge in [0.15, 0.2) is 11.5 Å². The molecule has 25 heavy (non-hydrogen) atoms. The molecule has 0 saturated heterocycles. The molecule has 134 valence electrons. The molecular formula is C21H27NO3. The Morgan fingerprint density at radius 2 is 1.88 bits per heavy atom. The van der Waals surface area contributed by atoms with Crippen molar-refractivity contribution in [1.82, 2.24) is 5.32 Å². The van der Waals surface area contributed by atoms with Crippen LogP contribution in [0.5, 0.6) is 17.2 Å². The first-order valence-corrected chi connectivity index (χ1v) is 8.60. The molecule has 0 aromatic heterocycles. The molecule has 0 radical (unpaired) electrons. The second kappa shape index (κ2) is 10.4. The van der Waals surface area contributed by atoms with Crippen LogP contribution in [0.15, 0.2) is 55.1 Å². The number of hydrogen-bond donors (Lipinski definition) is 1. The van der Waals surface area contributed by atoms with Gasteiger partial charge in [0.05, 0.1) is 13.7 Å². The molecule has 0 spiro atoms. The van der Waals surface area contributed by atoms with Crippen molar-refractivity contribution in [2.75, 3.05) is 26.9 Å². The average Bonchev–Trinajstić information content (AvgIpc) is 2.65. The van der Waals surface area contributed by atoms with E-state index in [1.165, 1.54) is 5.56 Å². The summed E-state index contributed by atoms with van der Waals surface area (Å²) in [5.41, 5.74) is 2.37. The third kappa shape index (κ3) is 5.84. The summed E-state index contributed by atoms with van der Waals surface area (Å²) in [6.45, 7) is 8.36. The van der Waals surface area contributed by atoms with E-state index in [1.807, 2.05) is 37.3 Å². The van der Waals surface area contributed by atoms with E-state index in [1.54, 1.807) is 13.2 Å². The van der Waals surface area contributed by atoms with Gasteiger partial charge >= 0.3 is 0 Å². The summed E-state index contributed by atoms with van der Waals surface area (Å²) in [6.07, 6.45) is 2.64. The van der Waals surface area contributed by atoms with Gasteiger partial charge in [-0.05, 0) is 49.2 Å². The van der Waals surface area contributed by atoms with Gasteiger partial charge in [-0.3, -0.25) is 0 Å². The molecule has 0 heterocycles. The van der Waals surface area contributed by atoms with Gasteiger partial charge < -0.3 is 19.5 Å². The fourth-order valence-corrected chi connectivity index (χ4v) is 2.56. The molecule has 0 unspecified atom stereocenters. The van der Waals surface area contributed by atoms with Crippen LogP contribution in [0.3, 0.4) is 0 Å². The molecule has 2 aromatic carbocycles. The zero-order chi connectivity index (χ0) is 17.9. The molecule has 0 amide bonds. The van der Waals surface area contributed by atoms with Crippen molar-refractivity contribution in [3.05, 3.63) is 66.2 Å². The van der Waals surface area contributed by atoms with Crippen LogP contribution < -0.4 is 19.5 Å². The van der Waals surface area contributed by atoms with Crippen LogP contribution in [0.1, 0.15) is 18.1 Å². The Balaban J connectivity index is 1.89. The number of rotatable bonds is 11. The first kappa shape index (κ1) is 18.9. The lowest BCUT2D eigenvalue weighted by molar-refractivity contribution is 0.296. The zero-order valence-corrected chi connectivity index (χ0v) is 15.1. The second-order valence-electron chi connectivity index (χ2n) is 5.55. The third-order valence-corrected chi connectivity index (χ3v) is 3.76. The maximum atomic E-state index is 5.68. The summed E-state index contributed by atoms with van der Waals surface area (Å²) in [7, 11) is 1.71. The summed E-state index contributed by atoms with van der Waals surface area (Å²) < 4.78 is 16.7. The Hall–Kier alpha value is -2.46. The van der Waals surface area contributed by atoms with E-state index < -0.39 is 0 Å². The number of benzene rings is 2. The van der Waals surface area contributed by atoms with E-state index in [9.17, 15) is 0 Å². The standard InChI is InChI=1S/C21H27NO3/c1-4-14-25-20-11-10-17(15-21(20)24-5-2)16-22-13-12-18-8-6-7-9-19(18)23-3/h4,6-11,15,22H,1,5,12-14,16H2,2-3H3. The number of methoxy groups -OCH3 is 1. The molecule has 0 bridgehead atoms. The predicted octanol–water partition coefficient (Wildman–Crippen LogP) is 3.99. The predicted molar refractivity (Wildman–Crippen MR) is 102 cm³/mol. The first-order valence-electron chi connectivity index (χ1n) is 8.60. The van der Waals surface area contributed by atoms with Crippen LogP contribution in [-0.2, 0) is 13.0 Å². The summed E-state index contributed by atoms with van der Waals surface area (Å²) in [4.78, 5) is 0. The molecule has 0 atom stereocenters. The van der Waals surface area contributed by atoms with E-state index >= 15 is 0 Å². The van der Waals surface area contributed by atoms with Crippen LogP contribution in [0.25, 0.3) is 0 Å². The van der Waals surface area contributed by atoms with E-state index in [0.717, 1.165) is 42.3 Å². The minimum atomic E-state index is 0.469. The molecule has 2 aromatic rings. The molecule has 0 aliphatic heterocycles. The van der Waals surface area contributed by atoms with Crippen molar-refractivity contribution in [1.29, 1.82) is 0 Å². The van der Waals surface area contributed by atoms with Crippen molar-refractivity contribution in [3.8, 4) is 17.2 Å². The number of hydrogen-bond acceptors (Lipinski definition) is 4. The van der Waals surface area contributed by atoms with Crippen LogP contribution in [0, 0.1) is 0 Å². The van der Waals surface area contributed by atoms with Gasteiger partial charge in [0.25, 0.3) is 0 Å². The van der Waals surface area contributed by atoms with Gasteiger partial charge in [-0.15, -0.1) is 0 Å². The third-order valence-electron chi connectivity index (χ3n) is 3.76. The molecule has 0 saturated carbocycles. The van der Waals surface area contributed by atoms with Crippen LogP contribution in [0.4, 0.5) is 0 Å². The summed E-state index contributed by atoms with van der Waals surface area (Å²) in [6, 6.07) is 14.1. The molecule has 1 N–H and O–H groups in total. The van der Waals surface area contributed by atoms with Crippen molar-refractivity contribution < 1.29 is 14.2 Å². The topological polar surface area (TPSA) is 39.7 Å². The normalized spacial score (nSPS) is 10.3. The molecule has 0 aliphatic carbocycles. The van der Waals surface area contributed by atoms with Crippen LogP contribution in [0.2, 0.25) is 0 Å². The Kier molecular flexibility index (Phi) is 7.86. The number of para-hydroxylation sites is 1. The first-order chi connectivity index (χ1) is 12.3. The quantitative estimate of drug-likeness (QED) is 0.495. The monoisotopic (exact) mass is 341 g/mol. The Morgan fingerprint density at radius 3 is 2.64 bits per heavy atom. The maximum absolute atomic E-state index is 5.68. The minimum absolute atomic E-state index is 0.469. The van der Waals surface area contributed by atoms with Crippen LogP contribution >= 0.6 is 0 Å². The van der Waals surface area contributed by atoms with E-state index in [-0.39, 0.29) is 0 Å². The Bertz CT molecular complexity index is 670. The van der Waals surface area contributed by atoms with Crippen molar-refractivity contribution >= 4 is 0 Å². The van der Waals surface area contributed by atoms with Gasteiger partial charge in [-0.1, -0.05) is 36.9 Å². The van der Waals surface area contributed by atoms with E-state index in [2.05, 4.69) is 24.0 Å². The van der Waals surface area contributed by atoms with Crippen molar-refractivity contribution in [3.63, 3.8) is 0 Å². The highest BCUT2D eigenvalue weighted by molar-refractivity contribution is 5.43. The highest BCUT2D eigenvalue weighted by Crippen LogP contribution is 2.28. The molecule has 0 aliphatic rings. The summed E-state index contributed by atoms with van der Waals surface area (Å²) in [5, 5.41) is 3.47. The largest absolute Gasteiger partial charge is 0.496 e. The van der Waals surface area contributed by atoms with E-state index in [4.69, 9.17) is 14.2 Å². The highest BCUT2D eigenvalue weighted by atomic mass is 16.5. The fourth-order valence-electron chi connectivity index (χ4n) is 2.56. The summed E-state index contributed by atoms with van der Waals surface area (Å²) >= 11 is 0. The average molecular weight is 341 g/mol. The SMILES string of the molecule is C=CCOc1ccc(CNCCc2ccccc2OC)cc1OCC. The fraction of sp³-hybridized carbons (Fsp3) is 0.333. The van der Waals surface area contributed by atoms with Gasteiger partial charge in [-0.25, -0.2) is 0 Å². The van der Waals surface area contributed by atoms with Gasteiger partial charge in [0.2, 0.25) is 0 Å². The maximum Gasteiger partial charge on any atom is 0.161 e.